The van der Waals surface area contributed by atoms with Gasteiger partial charge in [-0.25, -0.2) is 0 Å². The topological polar surface area (TPSA) is 38.7 Å². The summed E-state index contributed by atoms with van der Waals surface area (Å²) in [7, 11) is 0. The number of oxime groups is 1. The first-order valence-electron chi connectivity index (χ1n) is 5.53. The van der Waals surface area contributed by atoms with Gasteiger partial charge in [-0.15, -0.1) is 0 Å². The number of benzene rings is 1. The molecule has 0 radical (unpaired) electrons. The predicted molar refractivity (Wildman–Crippen MR) is 70.4 cm³/mol. The van der Waals surface area contributed by atoms with Crippen LogP contribution >= 0.6 is 11.8 Å². The third kappa shape index (κ3) is 3.33. The molecule has 4 heteroatoms. The van der Waals surface area contributed by atoms with E-state index in [2.05, 4.69) is 5.16 Å². The molecular weight excluding hydrogens is 234 g/mol. The molecule has 0 aliphatic carbocycles. The lowest BCUT2D eigenvalue weighted by atomic mass is 10.1. The highest BCUT2D eigenvalue weighted by Gasteiger charge is 2.29. The summed E-state index contributed by atoms with van der Waals surface area (Å²) in [5, 5.41) is 4.88. The summed E-state index contributed by atoms with van der Waals surface area (Å²) >= 11 is 1.46. The third-order valence-corrected chi connectivity index (χ3v) is 3.40. The van der Waals surface area contributed by atoms with Crippen molar-refractivity contribution < 1.29 is 9.63 Å². The van der Waals surface area contributed by atoms with Gasteiger partial charge in [0.1, 0.15) is 10.6 Å². The van der Waals surface area contributed by atoms with E-state index in [1.54, 1.807) is 0 Å². The summed E-state index contributed by atoms with van der Waals surface area (Å²) in [6.45, 7) is 3.98. The molecule has 0 aromatic heterocycles. The van der Waals surface area contributed by atoms with Gasteiger partial charge in [0, 0.05) is 12.0 Å². The Morgan fingerprint density at radius 2 is 2.12 bits per heavy atom. The van der Waals surface area contributed by atoms with Gasteiger partial charge in [0.25, 0.3) is 0 Å². The van der Waals surface area contributed by atoms with E-state index in [4.69, 9.17) is 4.84 Å². The Labute approximate surface area is 105 Å². The Balaban J connectivity index is 1.86. The normalized spacial score (nSPS) is 17.4. The van der Waals surface area contributed by atoms with Gasteiger partial charge in [-0.2, -0.15) is 0 Å². The predicted octanol–water partition coefficient (Wildman–Crippen LogP) is 3.11. The highest BCUT2D eigenvalue weighted by atomic mass is 32.2. The fourth-order valence-electron chi connectivity index (χ4n) is 1.54. The quantitative estimate of drug-likeness (QED) is 0.773. The molecule has 0 bridgehead atoms. The zero-order chi connectivity index (χ0) is 12.3. The number of ketones is 1. The Bertz CT molecular complexity index is 440. The SMILES string of the molecule is CC1(C)CC(SCC(=O)c2ccccc2)=NO1. The highest BCUT2D eigenvalue weighted by molar-refractivity contribution is 8.14. The van der Waals surface area contributed by atoms with Gasteiger partial charge in [0.05, 0.1) is 5.75 Å². The van der Waals surface area contributed by atoms with Crippen molar-refractivity contribution in [2.24, 2.45) is 5.16 Å². The number of thioether (sulfide) groups is 1. The molecule has 3 nitrogen and oxygen atoms in total. The minimum atomic E-state index is -0.224. The van der Waals surface area contributed by atoms with Crippen molar-refractivity contribution in [2.75, 3.05) is 5.75 Å². The summed E-state index contributed by atoms with van der Waals surface area (Å²) < 4.78 is 0. The van der Waals surface area contributed by atoms with E-state index in [-0.39, 0.29) is 11.4 Å². The minimum absolute atomic E-state index is 0.128. The molecule has 17 heavy (non-hydrogen) atoms. The van der Waals surface area contributed by atoms with Gasteiger partial charge in [-0.05, 0) is 13.8 Å². The summed E-state index contributed by atoms with van der Waals surface area (Å²) in [5.74, 6) is 0.547. The molecule has 1 aliphatic rings. The van der Waals surface area contributed by atoms with E-state index in [1.807, 2.05) is 44.2 Å². The van der Waals surface area contributed by atoms with E-state index in [0.717, 1.165) is 17.0 Å². The zero-order valence-corrected chi connectivity index (χ0v) is 10.8. The fraction of sp³-hybridized carbons (Fsp3) is 0.385. The monoisotopic (exact) mass is 249 g/mol. The molecular formula is C13H15NO2S. The molecule has 1 heterocycles. The Kier molecular flexibility index (Phi) is 3.52. The van der Waals surface area contributed by atoms with E-state index in [0.29, 0.717) is 5.75 Å². The molecule has 0 atom stereocenters. The van der Waals surface area contributed by atoms with Crippen LogP contribution in [0.15, 0.2) is 35.5 Å². The lowest BCUT2D eigenvalue weighted by molar-refractivity contribution is 0.0123. The highest BCUT2D eigenvalue weighted by Crippen LogP contribution is 2.27. The van der Waals surface area contributed by atoms with E-state index >= 15 is 0 Å². The maximum atomic E-state index is 11.8. The van der Waals surface area contributed by atoms with E-state index in [1.165, 1.54) is 11.8 Å². The molecule has 1 aromatic rings. The second kappa shape index (κ2) is 4.92. The Morgan fingerprint density at radius 3 is 2.71 bits per heavy atom. The number of rotatable bonds is 3. The number of carbonyl (C=O) groups is 1. The van der Waals surface area contributed by atoms with Crippen molar-refractivity contribution in [3.8, 4) is 0 Å². The largest absolute Gasteiger partial charge is 0.389 e. The van der Waals surface area contributed by atoms with Crippen molar-refractivity contribution in [1.29, 1.82) is 0 Å². The average molecular weight is 249 g/mol. The lowest BCUT2D eigenvalue weighted by Gasteiger charge is -2.12. The van der Waals surface area contributed by atoms with Crippen LogP contribution in [0.3, 0.4) is 0 Å². The van der Waals surface area contributed by atoms with Crippen molar-refractivity contribution >= 4 is 22.6 Å². The molecule has 1 aromatic carbocycles. The number of hydrogen-bond donors (Lipinski definition) is 0. The first kappa shape index (κ1) is 12.2. The first-order valence-corrected chi connectivity index (χ1v) is 6.51. The smallest absolute Gasteiger partial charge is 0.173 e. The first-order chi connectivity index (χ1) is 8.07. The fourth-order valence-corrected chi connectivity index (χ4v) is 2.54. The van der Waals surface area contributed by atoms with Gasteiger partial charge in [-0.3, -0.25) is 4.79 Å². The van der Waals surface area contributed by atoms with Crippen LogP contribution in [0.2, 0.25) is 0 Å². The summed E-state index contributed by atoms with van der Waals surface area (Å²) in [5.41, 5.74) is 0.525. The van der Waals surface area contributed by atoms with Crippen molar-refractivity contribution in [2.45, 2.75) is 25.9 Å². The van der Waals surface area contributed by atoms with Crippen LogP contribution < -0.4 is 0 Å². The Hall–Kier alpha value is -1.29. The molecule has 0 spiro atoms. The molecule has 1 aliphatic heterocycles. The molecule has 0 fully saturated rings. The second-order valence-electron chi connectivity index (χ2n) is 4.59. The van der Waals surface area contributed by atoms with Crippen LogP contribution in [0.4, 0.5) is 0 Å². The standard InChI is InChI=1S/C13H15NO2S/c1-13(2)8-12(14-16-13)17-9-11(15)10-6-4-3-5-7-10/h3-7H,8-9H2,1-2H3. The number of Topliss-reactive ketones (excluding diaryl/α,β-unsaturated/α-hetero) is 1. The van der Waals surface area contributed by atoms with Crippen LogP contribution in [0, 0.1) is 0 Å². The van der Waals surface area contributed by atoms with Crippen LogP contribution in [-0.4, -0.2) is 22.2 Å². The Morgan fingerprint density at radius 1 is 1.41 bits per heavy atom. The molecule has 2 rings (SSSR count). The van der Waals surface area contributed by atoms with Crippen molar-refractivity contribution in [3.63, 3.8) is 0 Å². The average Bonchev–Trinajstić information content (AvgIpc) is 2.67. The van der Waals surface area contributed by atoms with Gasteiger partial charge in [0.15, 0.2) is 5.78 Å². The second-order valence-corrected chi connectivity index (χ2v) is 5.64. The third-order valence-electron chi connectivity index (χ3n) is 2.44. The maximum absolute atomic E-state index is 11.8. The zero-order valence-electron chi connectivity index (χ0n) is 9.97. The van der Waals surface area contributed by atoms with Crippen LogP contribution in [0.1, 0.15) is 30.6 Å². The molecule has 90 valence electrons. The summed E-state index contributed by atoms with van der Waals surface area (Å²) in [6, 6.07) is 9.31. The molecule has 0 saturated carbocycles. The minimum Gasteiger partial charge on any atom is -0.389 e. The summed E-state index contributed by atoms with van der Waals surface area (Å²) in [4.78, 5) is 17.1. The maximum Gasteiger partial charge on any atom is 0.173 e. The molecule has 0 amide bonds. The van der Waals surface area contributed by atoms with Crippen molar-refractivity contribution in [3.05, 3.63) is 35.9 Å². The van der Waals surface area contributed by atoms with Gasteiger partial charge in [0.2, 0.25) is 0 Å². The van der Waals surface area contributed by atoms with Gasteiger partial charge >= 0.3 is 0 Å². The van der Waals surface area contributed by atoms with Crippen LogP contribution in [-0.2, 0) is 4.84 Å². The van der Waals surface area contributed by atoms with E-state index in [9.17, 15) is 4.79 Å². The lowest BCUT2D eigenvalue weighted by Crippen LogP contribution is -2.18. The summed E-state index contributed by atoms with van der Waals surface area (Å²) in [6.07, 6.45) is 0.778. The number of nitrogens with zero attached hydrogens (tertiary/aromatic N) is 1. The molecule has 0 unspecified atom stereocenters. The number of carbonyl (C=O) groups excluding carboxylic acids is 1. The molecule has 0 N–H and O–H groups in total. The van der Waals surface area contributed by atoms with Crippen LogP contribution in [0.25, 0.3) is 0 Å². The van der Waals surface area contributed by atoms with E-state index < -0.39 is 0 Å². The van der Waals surface area contributed by atoms with Gasteiger partial charge < -0.3 is 4.84 Å². The van der Waals surface area contributed by atoms with Crippen molar-refractivity contribution in [1.82, 2.24) is 0 Å². The number of hydrogen-bond acceptors (Lipinski definition) is 4. The van der Waals surface area contributed by atoms with Gasteiger partial charge in [-0.1, -0.05) is 47.2 Å². The van der Waals surface area contributed by atoms with Crippen LogP contribution in [0.5, 0.6) is 0 Å². The molecule has 0 saturated heterocycles.